The molecule has 3 N–H and O–H groups in total. The first-order valence-corrected chi connectivity index (χ1v) is 11.6. The Labute approximate surface area is 191 Å². The van der Waals surface area contributed by atoms with E-state index in [0.29, 0.717) is 37.4 Å². The van der Waals surface area contributed by atoms with E-state index >= 15 is 0 Å². The van der Waals surface area contributed by atoms with Crippen molar-refractivity contribution in [2.24, 2.45) is 5.92 Å². The van der Waals surface area contributed by atoms with Gasteiger partial charge in [0.05, 0.1) is 25.3 Å². The standard InChI is InChI=1S/C23H33N5O5/c1-13(2)11-27-21-17(7-8-18(29)26-9-10-33-12-14(26)3)15(4)25-28(21)23(32)19(22(27)31)20(30)24-16-5-6-16/h7-8,13-16,24-25,30H,5-6,9-12H2,1-4H3/b8-7+,20-19?. The Hall–Kier alpha value is -3.01. The number of hydrogen-bond donors (Lipinski definition) is 3. The molecule has 1 saturated carbocycles. The molecule has 1 saturated heterocycles. The lowest BCUT2D eigenvalue weighted by Gasteiger charge is -2.32. The zero-order valence-corrected chi connectivity index (χ0v) is 19.6. The molecule has 1 amide bonds. The minimum atomic E-state index is -0.607. The first-order chi connectivity index (χ1) is 15.7. The number of carbonyl (C=O) groups excluding carboxylic acids is 1. The maximum Gasteiger partial charge on any atom is 0.289 e. The van der Waals surface area contributed by atoms with Crippen LogP contribution in [0.3, 0.4) is 0 Å². The number of ether oxygens (including phenoxy) is 1. The Morgan fingerprint density at radius 1 is 1.27 bits per heavy atom. The van der Waals surface area contributed by atoms with Crippen LogP contribution in [-0.2, 0) is 16.1 Å². The second-order valence-electron chi connectivity index (χ2n) is 9.51. The third kappa shape index (κ3) is 4.57. The lowest BCUT2D eigenvalue weighted by molar-refractivity contribution is -0.133. The normalized spacial score (nSPS) is 23.7. The van der Waals surface area contributed by atoms with E-state index in [0.717, 1.165) is 12.8 Å². The molecule has 1 aromatic heterocycles. The molecule has 2 aliphatic heterocycles. The molecule has 2 fully saturated rings. The molecule has 2 atom stereocenters. The highest BCUT2D eigenvalue weighted by Gasteiger charge is 2.28. The number of rotatable bonds is 6. The predicted octanol–water partition coefficient (Wildman–Crippen LogP) is -1.06. The number of amides is 1. The largest absolute Gasteiger partial charge is 0.494 e. The van der Waals surface area contributed by atoms with Crippen LogP contribution in [0.1, 0.15) is 40.5 Å². The molecule has 1 aromatic rings. The number of hydrogen-bond acceptors (Lipinski definition) is 7. The summed E-state index contributed by atoms with van der Waals surface area (Å²) in [5.74, 6) is -0.399. The maximum atomic E-state index is 13.4. The molecule has 180 valence electrons. The smallest absolute Gasteiger partial charge is 0.289 e. The number of carbonyl (C=O) groups is 1. The fourth-order valence-corrected chi connectivity index (χ4v) is 4.27. The average molecular weight is 460 g/mol. The van der Waals surface area contributed by atoms with Crippen LogP contribution in [0.5, 0.6) is 0 Å². The monoisotopic (exact) mass is 459 g/mol. The minimum absolute atomic E-state index is 0.0194. The Kier molecular flexibility index (Phi) is 6.38. The summed E-state index contributed by atoms with van der Waals surface area (Å²) < 4.78 is 8.24. The Bertz CT molecular complexity index is 1210. The summed E-state index contributed by atoms with van der Waals surface area (Å²) in [5.41, 5.74) is 3.02. The molecule has 3 heterocycles. The van der Waals surface area contributed by atoms with Crippen LogP contribution in [0.15, 0.2) is 21.7 Å². The molecule has 10 nitrogen and oxygen atoms in total. The van der Waals surface area contributed by atoms with Gasteiger partial charge in [-0.2, -0.15) is 0 Å². The van der Waals surface area contributed by atoms with Crippen molar-refractivity contribution in [2.45, 2.75) is 65.2 Å². The van der Waals surface area contributed by atoms with E-state index in [9.17, 15) is 19.5 Å². The highest BCUT2D eigenvalue weighted by atomic mass is 16.5. The number of aliphatic hydroxyl groups excluding tert-OH is 1. The topological polar surface area (TPSA) is 118 Å². The second-order valence-corrected chi connectivity index (χ2v) is 9.51. The summed E-state index contributed by atoms with van der Waals surface area (Å²) in [7, 11) is 0. The lowest BCUT2D eigenvalue weighted by Crippen LogP contribution is -2.60. The van der Waals surface area contributed by atoms with Crippen LogP contribution in [0.25, 0.3) is 11.5 Å². The first kappa shape index (κ1) is 23.2. The third-order valence-corrected chi connectivity index (χ3v) is 6.15. The Morgan fingerprint density at radius 2 is 2.00 bits per heavy atom. The molecule has 0 spiro atoms. The zero-order chi connectivity index (χ0) is 23.9. The van der Waals surface area contributed by atoms with E-state index in [4.69, 9.17) is 4.74 Å². The van der Waals surface area contributed by atoms with E-state index in [1.54, 1.807) is 11.0 Å². The third-order valence-electron chi connectivity index (χ3n) is 6.15. The minimum Gasteiger partial charge on any atom is -0.494 e. The maximum absolute atomic E-state index is 13.4. The van der Waals surface area contributed by atoms with Gasteiger partial charge in [0.1, 0.15) is 5.48 Å². The van der Waals surface area contributed by atoms with Gasteiger partial charge < -0.3 is 25.5 Å². The van der Waals surface area contributed by atoms with Gasteiger partial charge in [-0.25, -0.2) is 4.68 Å². The molecule has 33 heavy (non-hydrogen) atoms. The number of nitrogens with zero attached hydrogens (tertiary/aromatic N) is 3. The van der Waals surface area contributed by atoms with Gasteiger partial charge in [-0.05, 0) is 38.7 Å². The van der Waals surface area contributed by atoms with Gasteiger partial charge in [-0.3, -0.25) is 19.0 Å². The van der Waals surface area contributed by atoms with Gasteiger partial charge in [0.25, 0.3) is 11.1 Å². The summed E-state index contributed by atoms with van der Waals surface area (Å²) in [6.45, 7) is 9.64. The molecule has 1 aliphatic carbocycles. The molecular weight excluding hydrogens is 426 g/mol. The van der Waals surface area contributed by atoms with E-state index in [-0.39, 0.29) is 41.1 Å². The quantitative estimate of drug-likeness (QED) is 0.464. The highest BCUT2D eigenvalue weighted by molar-refractivity contribution is 5.90. The lowest BCUT2D eigenvalue weighted by atomic mass is 10.1. The van der Waals surface area contributed by atoms with Crippen LogP contribution >= 0.6 is 0 Å². The van der Waals surface area contributed by atoms with Crippen molar-refractivity contribution in [1.82, 2.24) is 19.5 Å². The van der Waals surface area contributed by atoms with Gasteiger partial charge in [-0.1, -0.05) is 13.8 Å². The SMILES string of the molecule is CC(C)Cn1c(=O)c(=C(O)NC2CC2)c(=O)n2c1=C(/C=C/C(=O)N1CCOCC1C)C(C)N2. The molecule has 4 rings (SSSR count). The van der Waals surface area contributed by atoms with E-state index in [1.807, 2.05) is 27.7 Å². The number of aliphatic hydroxyl groups is 1. The molecule has 3 aliphatic rings. The molecule has 2 unspecified atom stereocenters. The van der Waals surface area contributed by atoms with E-state index in [2.05, 4.69) is 10.7 Å². The summed E-state index contributed by atoms with van der Waals surface area (Å²) >= 11 is 0. The Balaban J connectivity index is 1.86. The number of morpholine rings is 1. The fraction of sp³-hybridized carbons (Fsp3) is 0.609. The van der Waals surface area contributed by atoms with Crippen LogP contribution in [0.4, 0.5) is 0 Å². The molecular formula is C23H33N5O5. The predicted molar refractivity (Wildman–Crippen MR) is 125 cm³/mol. The molecule has 0 aromatic carbocycles. The number of fused-ring (bicyclic) bond motifs is 1. The van der Waals surface area contributed by atoms with E-state index in [1.165, 1.54) is 15.3 Å². The number of nitrogens with one attached hydrogen (secondary N) is 2. The zero-order valence-electron chi connectivity index (χ0n) is 19.6. The molecule has 0 radical (unpaired) electrons. The van der Waals surface area contributed by atoms with E-state index < -0.39 is 11.1 Å². The van der Waals surface area contributed by atoms with Gasteiger partial charge >= 0.3 is 0 Å². The molecule has 0 bridgehead atoms. The van der Waals surface area contributed by atoms with Gasteiger partial charge in [-0.15, -0.1) is 0 Å². The average Bonchev–Trinajstić information content (AvgIpc) is 3.50. The fourth-order valence-electron chi connectivity index (χ4n) is 4.27. The summed E-state index contributed by atoms with van der Waals surface area (Å²) in [5, 5.41) is 13.1. The summed E-state index contributed by atoms with van der Waals surface area (Å²) in [4.78, 5) is 41.2. The first-order valence-electron chi connectivity index (χ1n) is 11.6. The van der Waals surface area contributed by atoms with Crippen molar-refractivity contribution < 1.29 is 14.6 Å². The van der Waals surface area contributed by atoms with Gasteiger partial charge in [0, 0.05) is 30.8 Å². The van der Waals surface area contributed by atoms with Crippen molar-refractivity contribution >= 4 is 17.4 Å². The Morgan fingerprint density at radius 3 is 2.64 bits per heavy atom. The van der Waals surface area contributed by atoms with Gasteiger partial charge in [0.15, 0.2) is 5.22 Å². The summed E-state index contributed by atoms with van der Waals surface area (Å²) in [6.07, 6.45) is 4.96. The summed E-state index contributed by atoms with van der Waals surface area (Å²) in [6, 6.07) is -0.240. The van der Waals surface area contributed by atoms with Crippen LogP contribution in [-0.4, -0.2) is 63.0 Å². The highest BCUT2D eigenvalue weighted by Crippen LogP contribution is 2.19. The van der Waals surface area contributed by atoms with Gasteiger partial charge in [0.2, 0.25) is 11.8 Å². The van der Waals surface area contributed by atoms with Crippen molar-refractivity contribution in [3.63, 3.8) is 0 Å². The van der Waals surface area contributed by atoms with Crippen molar-refractivity contribution in [1.29, 1.82) is 0 Å². The molecule has 10 heteroatoms. The van der Waals surface area contributed by atoms with Crippen molar-refractivity contribution in [3.8, 4) is 0 Å². The van der Waals surface area contributed by atoms with Crippen LogP contribution in [0, 0.1) is 5.92 Å². The number of aromatic nitrogens is 2. The van der Waals surface area contributed by atoms with Crippen molar-refractivity contribution in [3.05, 3.63) is 43.6 Å². The van der Waals surface area contributed by atoms with Crippen LogP contribution < -0.4 is 32.6 Å². The van der Waals surface area contributed by atoms with Crippen molar-refractivity contribution in [2.75, 3.05) is 25.2 Å². The van der Waals surface area contributed by atoms with Crippen LogP contribution in [0.2, 0.25) is 0 Å². The second kappa shape index (κ2) is 9.09.